The molecule has 0 saturated carbocycles. The van der Waals surface area contributed by atoms with E-state index in [0.717, 1.165) is 47.4 Å². The molecule has 39 heavy (non-hydrogen) atoms. The zero-order valence-corrected chi connectivity index (χ0v) is 23.9. The molecular formula is C29H41N7O2S. The largest absolute Gasteiger partial charge is 0.402 e. The Balaban J connectivity index is 1.72. The summed E-state index contributed by atoms with van der Waals surface area (Å²) in [5, 5.41) is 15.1. The Kier molecular flexibility index (Phi) is 13.7. The Bertz CT molecular complexity index is 1210. The van der Waals surface area contributed by atoms with Gasteiger partial charge in [-0.25, -0.2) is 0 Å². The monoisotopic (exact) mass is 551 g/mol. The van der Waals surface area contributed by atoms with Crippen LogP contribution in [0, 0.1) is 0 Å². The molecule has 10 heteroatoms. The van der Waals surface area contributed by atoms with Gasteiger partial charge in [0.15, 0.2) is 0 Å². The van der Waals surface area contributed by atoms with Gasteiger partial charge in [0.2, 0.25) is 16.9 Å². The van der Waals surface area contributed by atoms with E-state index < -0.39 is 0 Å². The number of carbonyl (C=O) groups excluding carboxylic acids is 2. The molecule has 0 spiro atoms. The van der Waals surface area contributed by atoms with Gasteiger partial charge in [-0.05, 0) is 62.8 Å². The summed E-state index contributed by atoms with van der Waals surface area (Å²) < 4.78 is 0. The number of hydrogen-bond acceptors (Lipinski definition) is 8. The van der Waals surface area contributed by atoms with E-state index in [9.17, 15) is 9.59 Å². The number of allylic oxidation sites excluding steroid dienone is 6. The van der Waals surface area contributed by atoms with Gasteiger partial charge in [0.1, 0.15) is 10.8 Å². The number of nitrogens with one attached hydrogen (secondary N) is 2. The van der Waals surface area contributed by atoms with E-state index in [1.54, 1.807) is 12.2 Å². The summed E-state index contributed by atoms with van der Waals surface area (Å²) in [5.41, 5.74) is 21.5. The molecule has 0 aliphatic heterocycles. The van der Waals surface area contributed by atoms with Crippen molar-refractivity contribution in [1.82, 2.24) is 15.5 Å². The van der Waals surface area contributed by atoms with Gasteiger partial charge >= 0.3 is 0 Å². The lowest BCUT2D eigenvalue weighted by molar-refractivity contribution is -0.119. The first kappa shape index (κ1) is 31.5. The number of amides is 2. The highest BCUT2D eigenvalue weighted by molar-refractivity contribution is 7.15. The van der Waals surface area contributed by atoms with Crippen molar-refractivity contribution in [2.75, 3.05) is 5.32 Å². The molecule has 1 aromatic carbocycles. The van der Waals surface area contributed by atoms with Gasteiger partial charge in [0, 0.05) is 24.6 Å². The predicted molar refractivity (Wildman–Crippen MR) is 159 cm³/mol. The lowest BCUT2D eigenvalue weighted by Crippen LogP contribution is -2.27. The average Bonchev–Trinajstić information content (AvgIpc) is 3.34. The highest BCUT2D eigenvalue weighted by Crippen LogP contribution is 2.19. The van der Waals surface area contributed by atoms with Crippen LogP contribution in [0.25, 0.3) is 0 Å². The van der Waals surface area contributed by atoms with Gasteiger partial charge in [-0.3, -0.25) is 9.59 Å². The van der Waals surface area contributed by atoms with Gasteiger partial charge in [0.25, 0.3) is 0 Å². The molecule has 1 atom stereocenters. The first-order valence-electron chi connectivity index (χ1n) is 13.2. The molecule has 0 saturated heterocycles. The summed E-state index contributed by atoms with van der Waals surface area (Å²) in [5.74, 6) is -0.0391. The zero-order chi connectivity index (χ0) is 28.6. The Labute approximate surface area is 235 Å². The number of benzene rings is 1. The Morgan fingerprint density at radius 2 is 1.90 bits per heavy atom. The van der Waals surface area contributed by atoms with Crippen molar-refractivity contribution < 1.29 is 9.59 Å². The Morgan fingerprint density at radius 1 is 1.10 bits per heavy atom. The smallest absolute Gasteiger partial charge is 0.230 e. The lowest BCUT2D eigenvalue weighted by Gasteiger charge is -2.07. The third-order valence-corrected chi connectivity index (χ3v) is 6.69. The number of nitrogens with two attached hydrogens (primary N) is 3. The van der Waals surface area contributed by atoms with Crippen LogP contribution in [0.2, 0.25) is 0 Å². The SMILES string of the molecule is C/C=C\C=C(/CC)CC(=O)N/C(N)=C/C=C(\N)CCCCc1nnc(NC(=O)Cc2cccc(C(C)N)c2)s1. The van der Waals surface area contributed by atoms with Gasteiger partial charge in [-0.2, -0.15) is 0 Å². The Hall–Kier alpha value is -3.76. The van der Waals surface area contributed by atoms with Gasteiger partial charge in [0.05, 0.1) is 6.42 Å². The minimum Gasteiger partial charge on any atom is -0.402 e. The number of aryl methyl sites for hydroxylation is 1. The van der Waals surface area contributed by atoms with Crippen molar-refractivity contribution >= 4 is 28.3 Å². The lowest BCUT2D eigenvalue weighted by atomic mass is 10.0. The second-order valence-electron chi connectivity index (χ2n) is 9.26. The molecular weight excluding hydrogens is 510 g/mol. The van der Waals surface area contributed by atoms with Crippen molar-refractivity contribution in [1.29, 1.82) is 0 Å². The van der Waals surface area contributed by atoms with E-state index >= 15 is 0 Å². The number of aromatic nitrogens is 2. The van der Waals surface area contributed by atoms with Crippen LogP contribution in [0.5, 0.6) is 0 Å². The van der Waals surface area contributed by atoms with E-state index in [2.05, 4.69) is 20.8 Å². The summed E-state index contributed by atoms with van der Waals surface area (Å²) in [7, 11) is 0. The van der Waals surface area contributed by atoms with Crippen LogP contribution in [0.3, 0.4) is 0 Å². The third kappa shape index (κ3) is 12.6. The number of unbranched alkanes of at least 4 members (excludes halogenated alkanes) is 1. The van der Waals surface area contributed by atoms with Gasteiger partial charge < -0.3 is 27.8 Å². The molecule has 1 heterocycles. The van der Waals surface area contributed by atoms with Crippen LogP contribution in [0.1, 0.15) is 75.1 Å². The predicted octanol–water partition coefficient (Wildman–Crippen LogP) is 4.51. The second-order valence-corrected chi connectivity index (χ2v) is 10.3. The van der Waals surface area contributed by atoms with E-state index in [0.29, 0.717) is 23.7 Å². The molecule has 0 aliphatic carbocycles. The van der Waals surface area contributed by atoms with E-state index in [1.165, 1.54) is 11.3 Å². The van der Waals surface area contributed by atoms with Crippen LogP contribution >= 0.6 is 11.3 Å². The molecule has 0 aliphatic rings. The summed E-state index contributed by atoms with van der Waals surface area (Å²) in [6.07, 6.45) is 13.6. The van der Waals surface area contributed by atoms with Gasteiger partial charge in [-0.15, -0.1) is 10.2 Å². The van der Waals surface area contributed by atoms with Crippen molar-refractivity contribution in [3.63, 3.8) is 0 Å². The van der Waals surface area contributed by atoms with E-state index in [4.69, 9.17) is 17.2 Å². The fourth-order valence-corrected chi connectivity index (χ4v) is 4.41. The standard InChI is InChI=1S/C29H41N7O2S/c1-4-6-10-21(5-2)18-26(37)33-25(32)16-15-24(31)13-7-8-14-28-35-36-29(39-28)34-27(38)19-22-11-9-12-23(17-22)20(3)30/h4,6,9-12,15-17,20H,5,7-8,13-14,18-19,30-32H2,1-3H3,(H,33,37)(H,34,36,38)/b6-4-,21-10+,24-15-,25-16+. The average molecular weight is 552 g/mol. The summed E-state index contributed by atoms with van der Waals surface area (Å²) in [4.78, 5) is 24.6. The molecule has 2 amide bonds. The maximum atomic E-state index is 12.4. The first-order valence-corrected chi connectivity index (χ1v) is 14.0. The molecule has 0 fully saturated rings. The summed E-state index contributed by atoms with van der Waals surface area (Å²) in [6, 6.07) is 7.63. The molecule has 2 aromatic rings. The topological polar surface area (TPSA) is 162 Å². The normalized spacial score (nSPS) is 13.5. The number of nitrogens with zero attached hydrogens (tertiary/aromatic N) is 2. The molecule has 2 rings (SSSR count). The first-order chi connectivity index (χ1) is 18.7. The molecule has 9 nitrogen and oxygen atoms in total. The van der Waals surface area contributed by atoms with Crippen molar-refractivity contribution in [3.05, 3.63) is 87.9 Å². The quantitative estimate of drug-likeness (QED) is 0.161. The number of rotatable bonds is 15. The highest BCUT2D eigenvalue weighted by Gasteiger charge is 2.10. The molecule has 0 radical (unpaired) electrons. The molecule has 8 N–H and O–H groups in total. The van der Waals surface area contributed by atoms with E-state index in [1.807, 2.05) is 63.3 Å². The third-order valence-electron chi connectivity index (χ3n) is 5.79. The maximum Gasteiger partial charge on any atom is 0.230 e. The van der Waals surface area contributed by atoms with Crippen LogP contribution in [0.4, 0.5) is 5.13 Å². The fourth-order valence-electron chi connectivity index (χ4n) is 3.61. The summed E-state index contributed by atoms with van der Waals surface area (Å²) in [6.45, 7) is 5.86. The van der Waals surface area contributed by atoms with Crippen LogP contribution < -0.4 is 27.8 Å². The summed E-state index contributed by atoms with van der Waals surface area (Å²) >= 11 is 1.37. The van der Waals surface area contributed by atoms with Crippen LogP contribution in [0.15, 0.2) is 71.7 Å². The zero-order valence-electron chi connectivity index (χ0n) is 23.1. The molecule has 0 bridgehead atoms. The minimum atomic E-state index is -0.156. The maximum absolute atomic E-state index is 12.4. The number of hydrogen-bond donors (Lipinski definition) is 5. The second kappa shape index (κ2) is 17.0. The minimum absolute atomic E-state index is 0.0815. The van der Waals surface area contributed by atoms with Crippen molar-refractivity contribution in [2.45, 2.75) is 71.8 Å². The van der Waals surface area contributed by atoms with Crippen molar-refractivity contribution in [3.8, 4) is 0 Å². The van der Waals surface area contributed by atoms with Crippen molar-refractivity contribution in [2.24, 2.45) is 17.2 Å². The van der Waals surface area contributed by atoms with Crippen LogP contribution in [-0.4, -0.2) is 22.0 Å². The molecule has 210 valence electrons. The Morgan fingerprint density at radius 3 is 2.62 bits per heavy atom. The van der Waals surface area contributed by atoms with Crippen LogP contribution in [-0.2, 0) is 22.4 Å². The molecule has 1 aromatic heterocycles. The number of carbonyl (C=O) groups is 2. The molecule has 1 unspecified atom stereocenters. The van der Waals surface area contributed by atoms with Gasteiger partial charge in [-0.1, -0.05) is 66.3 Å². The fraction of sp³-hybridized carbons (Fsp3) is 0.379. The number of anilines is 1. The highest BCUT2D eigenvalue weighted by atomic mass is 32.1. The van der Waals surface area contributed by atoms with E-state index in [-0.39, 0.29) is 30.1 Å².